The first-order valence-corrected chi connectivity index (χ1v) is 13.7. The van der Waals surface area contributed by atoms with E-state index in [-0.39, 0.29) is 11.9 Å². The van der Waals surface area contributed by atoms with E-state index in [0.29, 0.717) is 11.7 Å². The summed E-state index contributed by atoms with van der Waals surface area (Å²) in [6, 6.07) is 7.64. The van der Waals surface area contributed by atoms with Crippen LogP contribution in [0, 0.1) is 35.5 Å². The van der Waals surface area contributed by atoms with Gasteiger partial charge in [-0.1, -0.05) is 70.3 Å². The molecule has 0 N–H and O–H groups in total. The van der Waals surface area contributed by atoms with E-state index < -0.39 is 0 Å². The lowest BCUT2D eigenvalue weighted by Gasteiger charge is -2.27. The van der Waals surface area contributed by atoms with Gasteiger partial charge >= 0.3 is 5.97 Å². The third-order valence-corrected chi connectivity index (χ3v) is 7.73. The maximum Gasteiger partial charge on any atom is 0.314 e. The fourth-order valence-corrected chi connectivity index (χ4v) is 5.56. The molecule has 0 saturated heterocycles. The molecule has 0 aromatic heterocycles. The summed E-state index contributed by atoms with van der Waals surface area (Å²) in [5.74, 6) is 9.48. The third kappa shape index (κ3) is 9.04. The molecular formula is C31H44O2. The van der Waals surface area contributed by atoms with Gasteiger partial charge in [0.15, 0.2) is 0 Å². The van der Waals surface area contributed by atoms with Crippen LogP contribution in [0.15, 0.2) is 36.4 Å². The normalized spacial score (nSPS) is 25.4. The van der Waals surface area contributed by atoms with Gasteiger partial charge < -0.3 is 4.74 Å². The third-order valence-electron chi connectivity index (χ3n) is 7.73. The summed E-state index contributed by atoms with van der Waals surface area (Å²) in [7, 11) is 0. The molecule has 0 unspecified atom stereocenters. The van der Waals surface area contributed by atoms with Crippen LogP contribution < -0.4 is 4.74 Å². The number of carbonyl (C=O) groups is 1. The van der Waals surface area contributed by atoms with Gasteiger partial charge in [-0.2, -0.15) is 0 Å². The molecule has 0 spiro atoms. The van der Waals surface area contributed by atoms with E-state index in [1.807, 2.05) is 30.3 Å². The van der Waals surface area contributed by atoms with Gasteiger partial charge in [0, 0.05) is 5.56 Å². The van der Waals surface area contributed by atoms with Crippen molar-refractivity contribution in [1.29, 1.82) is 0 Å². The molecular weight excluding hydrogens is 404 g/mol. The number of carbonyl (C=O) groups excluding carboxylic acids is 1. The quantitative estimate of drug-likeness (QED) is 0.164. The lowest BCUT2D eigenvalue weighted by atomic mass is 9.80. The van der Waals surface area contributed by atoms with Crippen LogP contribution in [0.5, 0.6) is 5.75 Å². The monoisotopic (exact) mass is 448 g/mol. The Balaban J connectivity index is 1.38. The first kappa shape index (κ1) is 25.6. The number of hydrogen-bond acceptors (Lipinski definition) is 2. The molecule has 2 heteroatoms. The Morgan fingerprint density at radius 2 is 1.55 bits per heavy atom. The Labute approximate surface area is 202 Å². The van der Waals surface area contributed by atoms with Crippen molar-refractivity contribution in [1.82, 2.24) is 0 Å². The zero-order valence-electron chi connectivity index (χ0n) is 21.0. The van der Waals surface area contributed by atoms with Crippen LogP contribution in [0.25, 0.3) is 0 Å². The van der Waals surface area contributed by atoms with Crippen LogP contribution in [-0.2, 0) is 4.79 Å². The summed E-state index contributed by atoms with van der Waals surface area (Å²) in [6.07, 6.45) is 22.0. The minimum absolute atomic E-state index is 0.0579. The molecule has 1 aromatic carbocycles. The average Bonchev–Trinajstić information content (AvgIpc) is 2.84. The summed E-state index contributed by atoms with van der Waals surface area (Å²) in [4.78, 5) is 12.6. The van der Waals surface area contributed by atoms with Crippen LogP contribution in [0.1, 0.15) is 109 Å². The van der Waals surface area contributed by atoms with E-state index >= 15 is 0 Å². The predicted molar refractivity (Wildman–Crippen MR) is 138 cm³/mol. The maximum absolute atomic E-state index is 12.6. The summed E-state index contributed by atoms with van der Waals surface area (Å²) in [5, 5.41) is 0. The second-order valence-electron chi connectivity index (χ2n) is 10.4. The molecule has 1 aromatic rings. The molecule has 2 saturated carbocycles. The highest BCUT2D eigenvalue weighted by atomic mass is 16.5. The van der Waals surface area contributed by atoms with Crippen molar-refractivity contribution in [2.45, 2.75) is 104 Å². The van der Waals surface area contributed by atoms with Gasteiger partial charge in [0.2, 0.25) is 0 Å². The SMILES string of the molecule is CCCCC[C@H]1CC[C@H](C(=O)Oc2ccc(C#C/C=C/[C@H]3CC[C@H](CCC)CC3)cc2)CC1. The van der Waals surface area contributed by atoms with Gasteiger partial charge in [0.25, 0.3) is 0 Å². The molecule has 3 rings (SSSR count). The van der Waals surface area contributed by atoms with Gasteiger partial charge in [0.1, 0.15) is 5.75 Å². The number of hydrogen-bond donors (Lipinski definition) is 0. The van der Waals surface area contributed by atoms with Crippen molar-refractivity contribution in [3.8, 4) is 17.6 Å². The predicted octanol–water partition coefficient (Wildman–Crippen LogP) is 8.49. The zero-order chi connectivity index (χ0) is 23.3. The summed E-state index contributed by atoms with van der Waals surface area (Å²) >= 11 is 0. The van der Waals surface area contributed by atoms with E-state index in [4.69, 9.17) is 4.74 Å². The van der Waals surface area contributed by atoms with E-state index in [1.54, 1.807) is 0 Å². The van der Waals surface area contributed by atoms with Crippen molar-refractivity contribution in [3.63, 3.8) is 0 Å². The van der Waals surface area contributed by atoms with Crippen molar-refractivity contribution in [2.24, 2.45) is 23.7 Å². The highest BCUT2D eigenvalue weighted by Gasteiger charge is 2.27. The fraction of sp³-hybridized carbons (Fsp3) is 0.645. The molecule has 2 fully saturated rings. The molecule has 0 aliphatic heterocycles. The summed E-state index contributed by atoms with van der Waals surface area (Å²) in [5.41, 5.74) is 0.957. The topological polar surface area (TPSA) is 26.3 Å². The Kier molecular flexibility index (Phi) is 11.1. The second kappa shape index (κ2) is 14.3. The molecule has 0 atom stereocenters. The van der Waals surface area contributed by atoms with Gasteiger partial charge in [-0.25, -0.2) is 0 Å². The molecule has 2 nitrogen and oxygen atoms in total. The maximum atomic E-state index is 12.6. The van der Waals surface area contributed by atoms with E-state index in [0.717, 1.165) is 30.2 Å². The molecule has 180 valence electrons. The molecule has 33 heavy (non-hydrogen) atoms. The number of allylic oxidation sites excluding steroid dienone is 2. The lowest BCUT2D eigenvalue weighted by Crippen LogP contribution is -2.25. The number of rotatable bonds is 9. The molecule has 0 heterocycles. The van der Waals surface area contributed by atoms with E-state index in [2.05, 4.69) is 31.8 Å². The van der Waals surface area contributed by atoms with Gasteiger partial charge in [-0.3, -0.25) is 4.79 Å². The summed E-state index contributed by atoms with van der Waals surface area (Å²) < 4.78 is 5.67. The van der Waals surface area contributed by atoms with Crippen LogP contribution in [-0.4, -0.2) is 5.97 Å². The molecule has 0 bridgehead atoms. The minimum Gasteiger partial charge on any atom is -0.426 e. The largest absolute Gasteiger partial charge is 0.426 e. The minimum atomic E-state index is -0.0579. The highest BCUT2D eigenvalue weighted by molar-refractivity contribution is 5.75. The van der Waals surface area contributed by atoms with Gasteiger partial charge in [-0.05, 0) is 99.5 Å². The van der Waals surface area contributed by atoms with Gasteiger partial charge in [-0.15, -0.1) is 0 Å². The molecule has 2 aliphatic rings. The van der Waals surface area contributed by atoms with E-state index in [9.17, 15) is 4.79 Å². The lowest BCUT2D eigenvalue weighted by molar-refractivity contribution is -0.140. The fourth-order valence-electron chi connectivity index (χ4n) is 5.56. The van der Waals surface area contributed by atoms with Crippen molar-refractivity contribution in [2.75, 3.05) is 0 Å². The van der Waals surface area contributed by atoms with Crippen molar-refractivity contribution < 1.29 is 9.53 Å². The summed E-state index contributed by atoms with van der Waals surface area (Å²) in [6.45, 7) is 4.54. The van der Waals surface area contributed by atoms with Crippen LogP contribution in [0.3, 0.4) is 0 Å². The molecule has 2 aliphatic carbocycles. The average molecular weight is 449 g/mol. The standard InChI is InChI=1S/C31H44O2/c1-3-5-6-10-27-17-21-29(22-18-27)31(32)33-30-23-19-28(20-24-30)12-8-7-11-26-15-13-25(9-4-2)14-16-26/h7,11,19-20,23-27,29H,3-6,9-10,13-18,21-22H2,1-2H3/b11-7+/t25-,26-,27-,29-. The van der Waals surface area contributed by atoms with E-state index in [1.165, 1.54) is 77.0 Å². The highest BCUT2D eigenvalue weighted by Crippen LogP contribution is 2.33. The number of benzene rings is 1. The Morgan fingerprint density at radius 3 is 2.21 bits per heavy atom. The first-order chi connectivity index (χ1) is 16.2. The zero-order valence-corrected chi connectivity index (χ0v) is 21.0. The Morgan fingerprint density at radius 1 is 0.879 bits per heavy atom. The van der Waals surface area contributed by atoms with Crippen molar-refractivity contribution in [3.05, 3.63) is 42.0 Å². The van der Waals surface area contributed by atoms with Crippen LogP contribution in [0.4, 0.5) is 0 Å². The van der Waals surface area contributed by atoms with Crippen LogP contribution in [0.2, 0.25) is 0 Å². The number of ether oxygens (including phenoxy) is 1. The second-order valence-corrected chi connectivity index (χ2v) is 10.4. The Bertz CT molecular complexity index is 778. The number of esters is 1. The Hall–Kier alpha value is -2.01. The molecule has 0 amide bonds. The van der Waals surface area contributed by atoms with Gasteiger partial charge in [0.05, 0.1) is 5.92 Å². The molecule has 0 radical (unpaired) electrons. The smallest absolute Gasteiger partial charge is 0.314 e. The van der Waals surface area contributed by atoms with Crippen LogP contribution >= 0.6 is 0 Å². The number of unbranched alkanes of at least 4 members (excludes halogenated alkanes) is 2. The first-order valence-electron chi connectivity index (χ1n) is 13.7. The van der Waals surface area contributed by atoms with Crippen molar-refractivity contribution >= 4 is 5.97 Å².